The predicted octanol–water partition coefficient (Wildman–Crippen LogP) is 3.17. The van der Waals surface area contributed by atoms with E-state index < -0.39 is 6.61 Å². The summed E-state index contributed by atoms with van der Waals surface area (Å²) in [7, 11) is 0. The normalized spacial score (nSPS) is 11.5. The van der Waals surface area contributed by atoms with Crippen LogP contribution in [0.25, 0.3) is 0 Å². The van der Waals surface area contributed by atoms with Gasteiger partial charge in [0.15, 0.2) is 17.5 Å². The summed E-state index contributed by atoms with van der Waals surface area (Å²) in [6, 6.07) is 4.84. The molecular weight excluding hydrogens is 344 g/mol. The third-order valence-corrected chi connectivity index (χ3v) is 3.25. The van der Waals surface area contributed by atoms with Crippen molar-refractivity contribution in [1.29, 1.82) is 0 Å². The summed E-state index contributed by atoms with van der Waals surface area (Å²) < 4.78 is 40.1. The van der Waals surface area contributed by atoms with Crippen molar-refractivity contribution in [3.63, 3.8) is 0 Å². The minimum absolute atomic E-state index is 0.0236. The molecule has 6 nitrogen and oxygen atoms in total. The number of hydrogen-bond donors (Lipinski definition) is 2. The Balaban J connectivity index is 2.70. The Kier molecular flexibility index (Phi) is 11.1. The van der Waals surface area contributed by atoms with Crippen molar-refractivity contribution < 1.29 is 23.0 Å². The molecule has 0 saturated carbocycles. The number of benzene rings is 1. The molecule has 0 aliphatic carbocycles. The molecule has 0 radical (unpaired) electrons. The van der Waals surface area contributed by atoms with Crippen LogP contribution in [0.4, 0.5) is 8.78 Å². The van der Waals surface area contributed by atoms with Gasteiger partial charge in [-0.2, -0.15) is 8.78 Å². The van der Waals surface area contributed by atoms with Crippen molar-refractivity contribution in [2.75, 3.05) is 32.9 Å². The van der Waals surface area contributed by atoms with Crippen LogP contribution in [0.2, 0.25) is 0 Å². The fourth-order valence-corrected chi connectivity index (χ4v) is 2.15. The van der Waals surface area contributed by atoms with Crippen molar-refractivity contribution in [3.05, 3.63) is 23.8 Å². The fourth-order valence-electron chi connectivity index (χ4n) is 2.15. The second-order valence-corrected chi connectivity index (χ2v) is 5.27. The van der Waals surface area contributed by atoms with E-state index in [2.05, 4.69) is 20.4 Å². The molecule has 0 aliphatic heterocycles. The average molecular weight is 373 g/mol. The summed E-state index contributed by atoms with van der Waals surface area (Å²) in [5, 5.41) is 6.39. The molecule has 1 aromatic carbocycles. The maximum atomic E-state index is 12.5. The van der Waals surface area contributed by atoms with E-state index in [0.717, 1.165) is 25.1 Å². The average Bonchev–Trinajstić information content (AvgIpc) is 2.61. The van der Waals surface area contributed by atoms with Crippen LogP contribution in [0.15, 0.2) is 23.2 Å². The van der Waals surface area contributed by atoms with Gasteiger partial charge >= 0.3 is 6.61 Å². The van der Waals surface area contributed by atoms with E-state index in [9.17, 15) is 8.78 Å². The zero-order valence-corrected chi connectivity index (χ0v) is 15.7. The molecule has 0 aliphatic rings. The molecule has 2 N–H and O–H groups in total. The molecule has 0 saturated heterocycles. The Hall–Kier alpha value is -2.09. The summed E-state index contributed by atoms with van der Waals surface area (Å²) in [5.41, 5.74) is 0.835. The molecule has 0 amide bonds. The first kappa shape index (κ1) is 22.0. The highest BCUT2D eigenvalue weighted by molar-refractivity contribution is 5.79. The van der Waals surface area contributed by atoms with Crippen LogP contribution in [-0.2, 0) is 11.3 Å². The Labute approximate surface area is 153 Å². The summed E-state index contributed by atoms with van der Waals surface area (Å²) >= 11 is 0. The largest absolute Gasteiger partial charge is 0.490 e. The zero-order valence-electron chi connectivity index (χ0n) is 15.7. The number of alkyl halides is 2. The van der Waals surface area contributed by atoms with E-state index in [1.807, 2.05) is 13.8 Å². The van der Waals surface area contributed by atoms with Crippen LogP contribution in [0, 0.1) is 0 Å². The maximum absolute atomic E-state index is 12.5. The summed E-state index contributed by atoms with van der Waals surface area (Å²) in [4.78, 5) is 4.50. The molecule has 26 heavy (non-hydrogen) atoms. The molecule has 8 heteroatoms. The summed E-state index contributed by atoms with van der Waals surface area (Å²) in [6.45, 7) is 6.49. The van der Waals surface area contributed by atoms with Gasteiger partial charge in [-0.05, 0) is 44.9 Å². The van der Waals surface area contributed by atoms with Crippen LogP contribution in [0.3, 0.4) is 0 Å². The van der Waals surface area contributed by atoms with Gasteiger partial charge in [0.2, 0.25) is 0 Å². The van der Waals surface area contributed by atoms with E-state index in [1.165, 1.54) is 6.07 Å². The first-order chi connectivity index (χ1) is 12.6. The van der Waals surface area contributed by atoms with Crippen LogP contribution >= 0.6 is 0 Å². The number of guanidine groups is 1. The molecule has 0 unspecified atom stereocenters. The smallest absolute Gasteiger partial charge is 0.387 e. The lowest BCUT2D eigenvalue weighted by Gasteiger charge is -2.13. The highest BCUT2D eigenvalue weighted by Crippen LogP contribution is 2.30. The number of rotatable bonds is 12. The third-order valence-electron chi connectivity index (χ3n) is 3.25. The number of nitrogens with one attached hydrogen (secondary N) is 2. The number of aliphatic imine (C=N–C) groups is 1. The highest BCUT2D eigenvalue weighted by atomic mass is 19.3. The molecule has 0 heterocycles. The van der Waals surface area contributed by atoms with E-state index >= 15 is 0 Å². The lowest BCUT2D eigenvalue weighted by molar-refractivity contribution is -0.0514. The third kappa shape index (κ3) is 8.84. The quantitative estimate of drug-likeness (QED) is 0.335. The molecule has 0 spiro atoms. The van der Waals surface area contributed by atoms with Gasteiger partial charge in [-0.25, -0.2) is 4.99 Å². The standard InChI is InChI=1S/C18H29F2N3O3/c1-4-21-18(22-10-7-11-24-5-2)23-13-14-8-9-15(26-17(19)20)16(12-14)25-6-3/h8-9,12,17H,4-7,10-11,13H2,1-3H3,(H2,21,22,23). The lowest BCUT2D eigenvalue weighted by Crippen LogP contribution is -2.38. The van der Waals surface area contributed by atoms with Gasteiger partial charge in [0.05, 0.1) is 13.2 Å². The molecule has 1 rings (SSSR count). The van der Waals surface area contributed by atoms with Crippen molar-refractivity contribution in [2.45, 2.75) is 40.3 Å². The molecule has 0 aromatic heterocycles. The van der Waals surface area contributed by atoms with Crippen LogP contribution < -0.4 is 20.1 Å². The number of hydrogen-bond acceptors (Lipinski definition) is 4. The Morgan fingerprint density at radius 3 is 2.58 bits per heavy atom. The predicted molar refractivity (Wildman–Crippen MR) is 98.2 cm³/mol. The van der Waals surface area contributed by atoms with Crippen LogP contribution in [-0.4, -0.2) is 45.5 Å². The highest BCUT2D eigenvalue weighted by Gasteiger charge is 2.11. The molecule has 148 valence electrons. The van der Waals surface area contributed by atoms with Crippen molar-refractivity contribution in [1.82, 2.24) is 10.6 Å². The van der Waals surface area contributed by atoms with Crippen LogP contribution in [0.5, 0.6) is 11.5 Å². The van der Waals surface area contributed by atoms with E-state index in [1.54, 1.807) is 19.1 Å². The van der Waals surface area contributed by atoms with Gasteiger partial charge in [0.1, 0.15) is 0 Å². The molecular formula is C18H29F2N3O3. The monoisotopic (exact) mass is 373 g/mol. The minimum Gasteiger partial charge on any atom is -0.490 e. The van der Waals surface area contributed by atoms with Gasteiger partial charge < -0.3 is 24.8 Å². The Morgan fingerprint density at radius 1 is 1.12 bits per heavy atom. The first-order valence-corrected chi connectivity index (χ1v) is 8.91. The second-order valence-electron chi connectivity index (χ2n) is 5.27. The molecule has 0 atom stereocenters. The van der Waals surface area contributed by atoms with Crippen molar-refractivity contribution >= 4 is 5.96 Å². The summed E-state index contributed by atoms with van der Waals surface area (Å²) in [5.74, 6) is 1.00. The number of halogens is 2. The van der Waals surface area contributed by atoms with Gasteiger partial charge in [0.25, 0.3) is 0 Å². The Morgan fingerprint density at radius 2 is 1.92 bits per heavy atom. The lowest BCUT2D eigenvalue weighted by atomic mass is 10.2. The molecule has 0 fully saturated rings. The maximum Gasteiger partial charge on any atom is 0.387 e. The topological polar surface area (TPSA) is 64.1 Å². The van der Waals surface area contributed by atoms with E-state index in [-0.39, 0.29) is 11.5 Å². The van der Waals surface area contributed by atoms with Gasteiger partial charge in [-0.3, -0.25) is 0 Å². The SMILES string of the molecule is CCNC(=NCc1ccc(OC(F)F)c(OCC)c1)NCCCOCC. The number of ether oxygens (including phenoxy) is 3. The van der Waals surface area contributed by atoms with Crippen LogP contribution in [0.1, 0.15) is 32.8 Å². The second kappa shape index (κ2) is 13.2. The van der Waals surface area contributed by atoms with E-state index in [4.69, 9.17) is 9.47 Å². The Bertz CT molecular complexity index is 542. The first-order valence-electron chi connectivity index (χ1n) is 8.91. The summed E-state index contributed by atoms with van der Waals surface area (Å²) in [6.07, 6.45) is 0.881. The van der Waals surface area contributed by atoms with Gasteiger partial charge in [0, 0.05) is 26.3 Å². The molecule has 0 bridgehead atoms. The van der Waals surface area contributed by atoms with Gasteiger partial charge in [-0.15, -0.1) is 0 Å². The van der Waals surface area contributed by atoms with Crippen molar-refractivity contribution in [2.24, 2.45) is 4.99 Å². The van der Waals surface area contributed by atoms with Crippen molar-refractivity contribution in [3.8, 4) is 11.5 Å². The van der Waals surface area contributed by atoms with E-state index in [0.29, 0.717) is 32.3 Å². The molecule has 1 aromatic rings. The minimum atomic E-state index is -2.89. The number of nitrogens with zero attached hydrogens (tertiary/aromatic N) is 1. The van der Waals surface area contributed by atoms with Gasteiger partial charge in [-0.1, -0.05) is 6.07 Å². The fraction of sp³-hybridized carbons (Fsp3) is 0.611. The zero-order chi connectivity index (χ0) is 19.2.